The molecule has 78 valence electrons. The number of nitrogens with one attached hydrogen (secondary N) is 1. The van der Waals surface area contributed by atoms with Gasteiger partial charge < -0.3 is 10.4 Å². The third kappa shape index (κ3) is 1.76. The number of nitrogens with zero attached hydrogens (tertiary/aromatic N) is 2. The SMILES string of the molecule is C[C@@H](NC(=O)O)c1cccn2nccc12. The average molecular weight is 205 g/mol. The molecular formula is C10H11N3O2. The van der Waals surface area contributed by atoms with Crippen molar-refractivity contribution in [1.29, 1.82) is 0 Å². The van der Waals surface area contributed by atoms with Crippen LogP contribution in [0.4, 0.5) is 4.79 Å². The molecule has 2 aromatic rings. The molecule has 2 aromatic heterocycles. The smallest absolute Gasteiger partial charge is 0.405 e. The Morgan fingerprint density at radius 1 is 1.60 bits per heavy atom. The van der Waals surface area contributed by atoms with Crippen molar-refractivity contribution in [3.05, 3.63) is 36.2 Å². The zero-order chi connectivity index (χ0) is 10.8. The first-order valence-electron chi connectivity index (χ1n) is 4.60. The van der Waals surface area contributed by atoms with Gasteiger partial charge in [-0.05, 0) is 19.1 Å². The highest BCUT2D eigenvalue weighted by atomic mass is 16.4. The molecule has 0 fully saturated rings. The monoisotopic (exact) mass is 205 g/mol. The van der Waals surface area contributed by atoms with Crippen molar-refractivity contribution >= 4 is 11.6 Å². The van der Waals surface area contributed by atoms with E-state index in [1.165, 1.54) is 0 Å². The Morgan fingerprint density at radius 2 is 2.40 bits per heavy atom. The summed E-state index contributed by atoms with van der Waals surface area (Å²) in [6.07, 6.45) is 2.49. The van der Waals surface area contributed by atoms with E-state index in [4.69, 9.17) is 5.11 Å². The molecule has 0 aliphatic heterocycles. The van der Waals surface area contributed by atoms with Crippen LogP contribution in [0.3, 0.4) is 0 Å². The third-order valence-electron chi connectivity index (χ3n) is 2.28. The number of aromatic nitrogens is 2. The molecule has 15 heavy (non-hydrogen) atoms. The van der Waals surface area contributed by atoms with Crippen LogP contribution in [-0.2, 0) is 0 Å². The highest BCUT2D eigenvalue weighted by molar-refractivity contribution is 5.66. The molecule has 0 unspecified atom stereocenters. The van der Waals surface area contributed by atoms with Gasteiger partial charge in [0.1, 0.15) is 0 Å². The van der Waals surface area contributed by atoms with Gasteiger partial charge in [-0.3, -0.25) is 0 Å². The summed E-state index contributed by atoms with van der Waals surface area (Å²) in [7, 11) is 0. The molecule has 2 heterocycles. The van der Waals surface area contributed by atoms with Crippen LogP contribution in [0.1, 0.15) is 18.5 Å². The summed E-state index contributed by atoms with van der Waals surface area (Å²) in [6.45, 7) is 1.80. The maximum atomic E-state index is 10.5. The molecule has 0 aliphatic carbocycles. The number of rotatable bonds is 2. The van der Waals surface area contributed by atoms with Gasteiger partial charge in [0.05, 0.1) is 11.6 Å². The van der Waals surface area contributed by atoms with Crippen LogP contribution in [0.2, 0.25) is 0 Å². The molecule has 0 radical (unpaired) electrons. The number of carbonyl (C=O) groups is 1. The first-order chi connectivity index (χ1) is 7.18. The molecule has 2 N–H and O–H groups in total. The van der Waals surface area contributed by atoms with E-state index in [-0.39, 0.29) is 6.04 Å². The molecule has 1 atom stereocenters. The number of carboxylic acid groups (broad SMARTS) is 1. The van der Waals surface area contributed by atoms with Gasteiger partial charge in [-0.15, -0.1) is 0 Å². The second-order valence-corrected chi connectivity index (χ2v) is 3.30. The second kappa shape index (κ2) is 3.61. The summed E-state index contributed by atoms with van der Waals surface area (Å²) in [5.74, 6) is 0. The molecule has 2 rings (SSSR count). The van der Waals surface area contributed by atoms with Crippen LogP contribution in [0.25, 0.3) is 5.52 Å². The highest BCUT2D eigenvalue weighted by Gasteiger charge is 2.11. The lowest BCUT2D eigenvalue weighted by Crippen LogP contribution is -2.24. The zero-order valence-electron chi connectivity index (χ0n) is 8.21. The third-order valence-corrected chi connectivity index (χ3v) is 2.28. The van der Waals surface area contributed by atoms with Gasteiger partial charge in [-0.25, -0.2) is 9.31 Å². The van der Waals surface area contributed by atoms with Crippen LogP contribution in [0.15, 0.2) is 30.6 Å². The summed E-state index contributed by atoms with van der Waals surface area (Å²) >= 11 is 0. The summed E-state index contributed by atoms with van der Waals surface area (Å²) in [4.78, 5) is 10.5. The van der Waals surface area contributed by atoms with Crippen LogP contribution < -0.4 is 5.32 Å². The minimum absolute atomic E-state index is 0.247. The number of fused-ring (bicyclic) bond motifs is 1. The Labute approximate surface area is 86.3 Å². The first kappa shape index (κ1) is 9.51. The lowest BCUT2D eigenvalue weighted by Gasteiger charge is -2.12. The largest absolute Gasteiger partial charge is 0.465 e. The molecular weight excluding hydrogens is 194 g/mol. The van der Waals surface area contributed by atoms with E-state index < -0.39 is 6.09 Å². The highest BCUT2D eigenvalue weighted by Crippen LogP contribution is 2.17. The lowest BCUT2D eigenvalue weighted by molar-refractivity contribution is 0.191. The van der Waals surface area contributed by atoms with Gasteiger partial charge in [0.2, 0.25) is 0 Å². The maximum Gasteiger partial charge on any atom is 0.405 e. The van der Waals surface area contributed by atoms with Gasteiger partial charge in [0.15, 0.2) is 0 Å². The molecule has 0 aromatic carbocycles. The summed E-state index contributed by atoms with van der Waals surface area (Å²) in [5, 5.41) is 15.1. The van der Waals surface area contributed by atoms with Crippen LogP contribution >= 0.6 is 0 Å². The Balaban J connectivity index is 2.42. The summed E-state index contributed by atoms with van der Waals surface area (Å²) < 4.78 is 1.72. The fourth-order valence-corrected chi connectivity index (χ4v) is 1.60. The standard InChI is InChI=1S/C10H11N3O2/c1-7(12-10(14)15)8-3-2-6-13-9(8)4-5-11-13/h2-7,12H,1H3,(H,14,15)/t7-/m1/s1. The number of hydrogen-bond donors (Lipinski definition) is 2. The van der Waals surface area contributed by atoms with Crippen molar-refractivity contribution in [3.8, 4) is 0 Å². The minimum atomic E-state index is -1.02. The van der Waals surface area contributed by atoms with Crippen LogP contribution in [0, 0.1) is 0 Å². The minimum Gasteiger partial charge on any atom is -0.465 e. The Hall–Kier alpha value is -2.04. The fourth-order valence-electron chi connectivity index (χ4n) is 1.60. The number of pyridine rings is 1. The van der Waals surface area contributed by atoms with Crippen molar-refractivity contribution < 1.29 is 9.90 Å². The van der Waals surface area contributed by atoms with E-state index in [1.807, 2.05) is 24.4 Å². The van der Waals surface area contributed by atoms with Crippen LogP contribution in [0.5, 0.6) is 0 Å². The van der Waals surface area contributed by atoms with E-state index in [0.717, 1.165) is 11.1 Å². The van der Waals surface area contributed by atoms with Crippen molar-refractivity contribution in [2.75, 3.05) is 0 Å². The summed E-state index contributed by atoms with van der Waals surface area (Å²) in [6, 6.07) is 5.34. The van der Waals surface area contributed by atoms with Crippen molar-refractivity contribution in [2.24, 2.45) is 0 Å². The van der Waals surface area contributed by atoms with Gasteiger partial charge in [-0.1, -0.05) is 6.07 Å². The van der Waals surface area contributed by atoms with Crippen molar-refractivity contribution in [1.82, 2.24) is 14.9 Å². The predicted octanol–water partition coefficient (Wildman–Crippen LogP) is 1.66. The molecule has 0 aliphatic rings. The lowest BCUT2D eigenvalue weighted by atomic mass is 10.1. The molecule has 5 heteroatoms. The quantitative estimate of drug-likeness (QED) is 0.783. The topological polar surface area (TPSA) is 66.6 Å². The van der Waals surface area contributed by atoms with Crippen LogP contribution in [-0.4, -0.2) is 20.8 Å². The number of hydrogen-bond acceptors (Lipinski definition) is 2. The van der Waals surface area contributed by atoms with E-state index in [9.17, 15) is 4.79 Å². The van der Waals surface area contributed by atoms with Gasteiger partial charge in [0, 0.05) is 18.0 Å². The van der Waals surface area contributed by atoms with E-state index in [2.05, 4.69) is 10.4 Å². The molecule has 0 saturated heterocycles. The fraction of sp³-hybridized carbons (Fsp3) is 0.200. The zero-order valence-corrected chi connectivity index (χ0v) is 8.21. The molecule has 0 bridgehead atoms. The van der Waals surface area contributed by atoms with Gasteiger partial charge >= 0.3 is 6.09 Å². The summed E-state index contributed by atoms with van der Waals surface area (Å²) in [5.41, 5.74) is 1.83. The molecule has 1 amide bonds. The molecule has 5 nitrogen and oxygen atoms in total. The molecule has 0 saturated carbocycles. The van der Waals surface area contributed by atoms with E-state index in [1.54, 1.807) is 17.6 Å². The van der Waals surface area contributed by atoms with E-state index in [0.29, 0.717) is 0 Å². The number of amides is 1. The Kier molecular flexibility index (Phi) is 2.29. The van der Waals surface area contributed by atoms with Gasteiger partial charge in [-0.2, -0.15) is 5.10 Å². The Morgan fingerprint density at radius 3 is 3.13 bits per heavy atom. The average Bonchev–Trinajstić information content (AvgIpc) is 2.63. The van der Waals surface area contributed by atoms with Crippen molar-refractivity contribution in [2.45, 2.75) is 13.0 Å². The second-order valence-electron chi connectivity index (χ2n) is 3.30. The Bertz CT molecular complexity index is 492. The molecule has 0 spiro atoms. The van der Waals surface area contributed by atoms with E-state index >= 15 is 0 Å². The van der Waals surface area contributed by atoms with Gasteiger partial charge in [0.25, 0.3) is 0 Å². The predicted molar refractivity (Wildman–Crippen MR) is 54.8 cm³/mol. The first-order valence-corrected chi connectivity index (χ1v) is 4.60. The van der Waals surface area contributed by atoms with Crippen molar-refractivity contribution in [3.63, 3.8) is 0 Å². The normalized spacial score (nSPS) is 12.6. The maximum absolute atomic E-state index is 10.5.